The monoisotopic (exact) mass is 2060 g/mol. The predicted octanol–water partition coefficient (Wildman–Crippen LogP) is 6.38. The fraction of sp³-hybridized carbons (Fsp3) is 0.539. The number of aliphatic hydroxyl groups excluding tert-OH is 3. The Bertz CT molecular complexity index is 5420. The van der Waals surface area contributed by atoms with E-state index in [1.165, 1.54) is 66.7 Å². The van der Waals surface area contributed by atoms with Gasteiger partial charge in [-0.15, -0.1) is 0 Å². The number of nitrogens with zero attached hydrogens (tertiary/aromatic N) is 1. The molecule has 37 nitrogen and oxygen atoms in total. The zero-order valence-corrected chi connectivity index (χ0v) is 85.8. The second kappa shape index (κ2) is 51.4. The number of nitrogens with one attached hydrogen (secondary N) is 10. The van der Waals surface area contributed by atoms with E-state index in [-0.39, 0.29) is 116 Å². The number of benzene rings is 5. The lowest BCUT2D eigenvalue weighted by Gasteiger charge is -2.67. The number of Topliss-reactive ketones (excluding diaryl/α,β-unsaturated/α-hetero) is 1. The molecular weight excluding hydrogens is 1920 g/mol. The first-order chi connectivity index (χ1) is 68.1. The summed E-state index contributed by atoms with van der Waals surface area (Å²) in [5.41, 5.74) is 0.244. The molecule has 778 valence electrons. The van der Waals surface area contributed by atoms with Crippen LogP contribution < -0.4 is 53.6 Å². The minimum absolute atomic E-state index is 0.0247. The van der Waals surface area contributed by atoms with Crippen molar-refractivity contribution < 1.29 is 121 Å². The first-order valence-electron chi connectivity index (χ1n) is 48.2. The van der Waals surface area contributed by atoms with Gasteiger partial charge in [0.15, 0.2) is 5.78 Å². The highest BCUT2D eigenvalue weighted by molar-refractivity contribution is 8.77. The molecular formula is C102H136N12O25S4. The number of H-pyrrole nitrogens is 1. The second-order valence-electron chi connectivity index (χ2n) is 38.5. The van der Waals surface area contributed by atoms with Gasteiger partial charge in [-0.25, -0.2) is 19.2 Å². The Morgan fingerprint density at radius 3 is 1.93 bits per heavy atom. The Morgan fingerprint density at radius 1 is 0.692 bits per heavy atom. The van der Waals surface area contributed by atoms with Crippen molar-refractivity contribution in [2.24, 2.45) is 22.5 Å². The zero-order chi connectivity index (χ0) is 104. The van der Waals surface area contributed by atoms with Crippen LogP contribution in [0.15, 0.2) is 163 Å². The fourth-order valence-corrected chi connectivity index (χ4v) is 23.4. The Balaban J connectivity index is 0.847. The number of esters is 2. The van der Waals surface area contributed by atoms with Gasteiger partial charge in [-0.2, -0.15) is 0 Å². The van der Waals surface area contributed by atoms with Crippen molar-refractivity contribution in [2.45, 2.75) is 260 Å². The largest absolute Gasteiger partial charge is 0.455 e. The molecule has 10 amide bonds. The number of alkyl carbamates (subject to hydrolysis) is 1. The molecule has 3 aliphatic carbocycles. The van der Waals surface area contributed by atoms with Crippen LogP contribution in [0.4, 0.5) is 9.59 Å². The van der Waals surface area contributed by atoms with E-state index in [4.69, 9.17) is 38.9 Å². The van der Waals surface area contributed by atoms with Crippen LogP contribution in [0.2, 0.25) is 0 Å². The van der Waals surface area contributed by atoms with Gasteiger partial charge in [-0.3, -0.25) is 43.2 Å². The molecule has 2 bridgehead atoms. The number of ketones is 1. The maximum absolute atomic E-state index is 16.0. The van der Waals surface area contributed by atoms with E-state index in [1.54, 1.807) is 176 Å². The van der Waals surface area contributed by atoms with Crippen LogP contribution in [0.5, 0.6) is 0 Å². The number of carbonyl (C=O) groups is 13. The van der Waals surface area contributed by atoms with Crippen molar-refractivity contribution in [3.8, 4) is 0 Å². The molecule has 2 saturated heterocycles. The zero-order valence-electron chi connectivity index (χ0n) is 82.5. The second-order valence-corrected chi connectivity index (χ2v) is 43.8. The lowest BCUT2D eigenvalue weighted by atomic mass is 9.44. The molecule has 2 saturated carbocycles. The summed E-state index contributed by atoms with van der Waals surface area (Å²) in [7, 11) is 7.12. The van der Waals surface area contributed by atoms with Crippen molar-refractivity contribution in [2.75, 3.05) is 70.1 Å². The van der Waals surface area contributed by atoms with Gasteiger partial charge in [-0.05, 0) is 132 Å². The number of rotatable bonds is 38. The Labute approximate surface area is 848 Å². The number of aromatic nitrogens is 1. The maximum Gasteiger partial charge on any atom is 0.410 e. The minimum Gasteiger partial charge on any atom is -0.455 e. The van der Waals surface area contributed by atoms with E-state index in [0.717, 1.165) is 21.6 Å². The lowest BCUT2D eigenvalue weighted by Crippen LogP contribution is -2.81. The smallest absolute Gasteiger partial charge is 0.410 e. The van der Waals surface area contributed by atoms with Gasteiger partial charge in [-0.1, -0.05) is 198 Å². The fourth-order valence-electron chi connectivity index (χ4n) is 19.1. The average Bonchev–Trinajstić information content (AvgIpc) is 1.23. The number of nitrogens with two attached hydrogens (primary N) is 1. The van der Waals surface area contributed by atoms with Crippen LogP contribution in [0.3, 0.4) is 0 Å². The molecule has 0 radical (unpaired) electrons. The Morgan fingerprint density at radius 2 is 1.31 bits per heavy atom. The molecule has 11 rings (SSSR count). The van der Waals surface area contributed by atoms with Gasteiger partial charge in [0.2, 0.25) is 53.4 Å². The third-order valence-corrected chi connectivity index (χ3v) is 31.9. The summed E-state index contributed by atoms with van der Waals surface area (Å²) < 4.78 is 43.8. The number of carbonyl (C=O) groups excluding carboxylic acids is 13. The molecule has 1 aromatic heterocycles. The molecule has 5 aromatic carbocycles. The number of aliphatic hydroxyl groups is 5. The van der Waals surface area contributed by atoms with Crippen LogP contribution in [0.25, 0.3) is 10.9 Å². The quantitative estimate of drug-likeness (QED) is 0.00657. The maximum atomic E-state index is 16.0. The first kappa shape index (κ1) is 113. The predicted molar refractivity (Wildman–Crippen MR) is 540 cm³/mol. The van der Waals surface area contributed by atoms with Crippen molar-refractivity contribution in [3.63, 3.8) is 0 Å². The van der Waals surface area contributed by atoms with Gasteiger partial charge in [0.25, 0.3) is 0 Å². The topological polar surface area (TPSA) is 541 Å². The number of methoxy groups -OCH3 is 2. The summed E-state index contributed by atoms with van der Waals surface area (Å²) in [5.74, 6) is -11.6. The highest BCUT2D eigenvalue weighted by Gasteiger charge is 2.77. The van der Waals surface area contributed by atoms with Crippen molar-refractivity contribution >= 4 is 131 Å². The number of hydrogen-bond acceptors (Lipinski definition) is 30. The van der Waals surface area contributed by atoms with Crippen LogP contribution >= 0.6 is 43.2 Å². The Kier molecular flexibility index (Phi) is 40.5. The van der Waals surface area contributed by atoms with Crippen LogP contribution in [-0.4, -0.2) is 297 Å². The molecule has 2 aliphatic heterocycles. The number of fused-ring (bicyclic) bond motifs is 6. The molecule has 0 unspecified atom stereocenters. The summed E-state index contributed by atoms with van der Waals surface area (Å²) in [4.78, 5) is 200. The summed E-state index contributed by atoms with van der Waals surface area (Å²) in [6, 6.07) is 27.1. The van der Waals surface area contributed by atoms with Gasteiger partial charge in [0.1, 0.15) is 83.4 Å². The van der Waals surface area contributed by atoms with Gasteiger partial charge in [0.05, 0.1) is 54.6 Å². The normalized spacial score (nSPS) is 26.2. The van der Waals surface area contributed by atoms with Crippen LogP contribution in [-0.2, 0) is 100 Å². The molecule has 41 heteroatoms. The van der Waals surface area contributed by atoms with E-state index in [1.807, 2.05) is 19.1 Å². The third-order valence-electron chi connectivity index (χ3n) is 27.1. The van der Waals surface area contributed by atoms with E-state index < -0.39 is 227 Å². The molecule has 6 aromatic rings. The summed E-state index contributed by atoms with van der Waals surface area (Å²) in [5, 5.41) is 84.6. The summed E-state index contributed by atoms with van der Waals surface area (Å²) in [6.45, 7) is 15.0. The molecule has 4 fully saturated rings. The van der Waals surface area contributed by atoms with E-state index >= 15 is 33.6 Å². The number of ether oxygens (including phenoxy) is 7. The number of unbranched alkanes of at least 4 members (excludes halogenated alkanes) is 2. The highest BCUT2D eigenvalue weighted by Crippen LogP contribution is 2.64. The molecule has 5 aliphatic rings. The summed E-state index contributed by atoms with van der Waals surface area (Å²) >= 11 is 0. The molecule has 3 heterocycles. The summed E-state index contributed by atoms with van der Waals surface area (Å²) in [6.07, 6.45) is -11.8. The lowest BCUT2D eigenvalue weighted by molar-refractivity contribution is -0.345. The number of hydrogen-bond donors (Lipinski definition) is 16. The van der Waals surface area contributed by atoms with Crippen LogP contribution in [0, 0.1) is 16.7 Å². The minimum atomic E-state index is -2.39. The van der Waals surface area contributed by atoms with Crippen molar-refractivity contribution in [1.29, 1.82) is 0 Å². The average molecular weight is 2060 g/mol. The molecule has 21 atom stereocenters. The third kappa shape index (κ3) is 28.2. The van der Waals surface area contributed by atoms with E-state index in [9.17, 15) is 54.3 Å². The highest BCUT2D eigenvalue weighted by atomic mass is 33.1. The van der Waals surface area contributed by atoms with E-state index in [0.29, 0.717) is 46.9 Å². The van der Waals surface area contributed by atoms with Crippen molar-refractivity contribution in [3.05, 3.63) is 191 Å². The van der Waals surface area contributed by atoms with Gasteiger partial charge < -0.3 is 122 Å². The molecule has 17 N–H and O–H groups in total. The molecule has 0 spiro atoms. The number of aromatic amines is 1. The number of amides is 10. The number of para-hydroxylation sites is 1. The Hall–Kier alpha value is -10.7. The van der Waals surface area contributed by atoms with Crippen LogP contribution in [0.1, 0.15) is 159 Å². The van der Waals surface area contributed by atoms with Gasteiger partial charge in [0, 0.05) is 117 Å². The standard InChI is InChI=1S/C102H136N12O25S4/c1-13-14-44-114(97(130)137-83(81(63-35-23-17-24-36-63)113-96(129)139-98(5,6)7)95(128)136-75-52-102(132)86(138-94(127)64-37-25-18-26-38-64)84-100(10,76(133-11)51-77-101(84,131)57-135-77)85(119)82(134-12)79(58(75)2)99(102,8)9)45-47-141-140-46-42-78(118)105-69(48-61-31-19-15-20-32-61)88(121)110-73-55-142-143-56-74(92(125)109-72(54-115)59(3)116)111-93(126)80(60(4)117)112-87(120)68(41-29-30-43-103)106-90(123)71(50-65-53-104-67-40-28-27-39-66(65)67)108-89(122)70(107-91(73)124)49-62-33-21-16-22-34-62/h15-28,31-40,53,59-60,68-77,80-84,86,104,115-117,131-132H,13-14,29-30,41-52,54-57,103H2,1-12H3,(H,105,118)(H,106,123)(H,107,124)(H,108,122)(H,109,125)(H,110,121)(H,111,126)(H,112,120)(H,113,129)/t59-,60-,68+,69-,70+,71-,72-,73+,74+,75+,76+,77-,80+,81+,82-,83-,84+,86+,100-,101+,102-/m1/s1. The van der Waals surface area contributed by atoms with E-state index in [2.05, 4.69) is 52.8 Å². The van der Waals surface area contributed by atoms with Gasteiger partial charge >= 0.3 is 24.1 Å². The SMILES string of the molecule is CCCCN(CCSSCCC(=O)N[C@H](Cc1ccccc1)C(=O)N[C@H]1CSSC[C@@H](C(=O)N[C@H](CO)[C@@H](C)O)NC(=O)[C@H]([C@@H](C)O)NC(=O)[C@H](CCCCN)NC(=O)[C@@H](Cc2c[nH]c3ccccc23)NC(=O)[C@H](Cc2ccccc2)NC1=O)C(=O)O[C@@H](C(=O)O[C@H]1C[C@@]2(O)[C@@H](OC(=O)c3ccccc3)[C@@H]3[C@]4(O)CO[C@@H]4C[C@H](OC)[C@@]3(C)C(=O)[C@H](OC)C(=C1C)C2(C)C)[C@@H](NC(=O)OC(C)(C)C)c1ccccc1. The molecule has 143 heavy (non-hydrogen) atoms. The van der Waals surface area contributed by atoms with Crippen molar-refractivity contribution in [1.82, 2.24) is 57.7 Å². The first-order valence-corrected chi connectivity index (χ1v) is 53.2.